The number of para-hydroxylation sites is 2. The number of nitrogens with zero attached hydrogens (tertiary/aromatic N) is 3. The van der Waals surface area contributed by atoms with Gasteiger partial charge in [-0.1, -0.05) is 54.6 Å². The van der Waals surface area contributed by atoms with E-state index in [1.807, 2.05) is 72.7 Å². The highest BCUT2D eigenvalue weighted by Crippen LogP contribution is 2.55. The summed E-state index contributed by atoms with van der Waals surface area (Å²) in [6.45, 7) is 2.09. The zero-order valence-electron chi connectivity index (χ0n) is 24.0. The lowest BCUT2D eigenvalue weighted by Crippen LogP contribution is -2.61. The number of aromatic amines is 1. The third kappa shape index (κ3) is 2.94. The van der Waals surface area contributed by atoms with E-state index in [4.69, 9.17) is 9.47 Å². The lowest BCUT2D eigenvalue weighted by atomic mass is 9.91. The van der Waals surface area contributed by atoms with Crippen molar-refractivity contribution in [2.24, 2.45) is 0 Å². The van der Waals surface area contributed by atoms with Gasteiger partial charge in [-0.05, 0) is 31.2 Å². The number of hydrogen-bond donors (Lipinski definition) is 2. The van der Waals surface area contributed by atoms with Crippen LogP contribution in [0.3, 0.4) is 0 Å². The average Bonchev–Trinajstić information content (AvgIpc) is 3.68. The minimum absolute atomic E-state index is 0.0587. The molecule has 2 aliphatic heterocycles. The van der Waals surface area contributed by atoms with Crippen LogP contribution in [0.1, 0.15) is 29.9 Å². The van der Waals surface area contributed by atoms with E-state index in [1.54, 1.807) is 7.11 Å². The molecule has 214 valence electrons. The van der Waals surface area contributed by atoms with Gasteiger partial charge in [0.2, 0.25) is 0 Å². The van der Waals surface area contributed by atoms with E-state index in [0.717, 1.165) is 54.4 Å². The number of aromatic nitrogens is 3. The highest BCUT2D eigenvalue weighted by molar-refractivity contribution is 6.37. The molecule has 7 aromatic rings. The SMILES string of the molecule is CO[C@@H]1[C@H](N(C)C(=O)c2ccccc2)C[C@H]2O[C@]1(C)n1c3ccccc3c3c4c[nH]c(O)c4c4c5ccccc5n2c4c31. The molecule has 5 heterocycles. The van der Waals surface area contributed by atoms with E-state index < -0.39 is 18.1 Å². The molecule has 2 aliphatic rings. The molecule has 4 atom stereocenters. The maximum atomic E-state index is 13.9. The third-order valence-electron chi connectivity index (χ3n) is 9.91. The minimum atomic E-state index is -0.978. The van der Waals surface area contributed by atoms with Gasteiger partial charge in [0, 0.05) is 59.3 Å². The van der Waals surface area contributed by atoms with Crippen molar-refractivity contribution >= 4 is 60.3 Å². The molecule has 3 aromatic heterocycles. The Morgan fingerprint density at radius 2 is 1.60 bits per heavy atom. The van der Waals surface area contributed by atoms with E-state index in [2.05, 4.69) is 45.3 Å². The molecule has 1 saturated heterocycles. The Labute approximate surface area is 246 Å². The van der Waals surface area contributed by atoms with Crippen LogP contribution in [0.2, 0.25) is 0 Å². The van der Waals surface area contributed by atoms with E-state index in [-0.39, 0.29) is 17.8 Å². The van der Waals surface area contributed by atoms with Gasteiger partial charge < -0.3 is 33.6 Å². The molecule has 0 radical (unpaired) electrons. The number of nitrogens with one attached hydrogen (secondary N) is 1. The number of benzene rings is 4. The quantitative estimate of drug-likeness (QED) is 0.243. The van der Waals surface area contributed by atoms with Crippen molar-refractivity contribution in [1.29, 1.82) is 0 Å². The number of amides is 1. The molecule has 0 aliphatic carbocycles. The largest absolute Gasteiger partial charge is 0.494 e. The van der Waals surface area contributed by atoms with Gasteiger partial charge >= 0.3 is 0 Å². The van der Waals surface area contributed by atoms with Crippen LogP contribution < -0.4 is 0 Å². The predicted molar refractivity (Wildman–Crippen MR) is 167 cm³/mol. The molecule has 2 N–H and O–H groups in total. The minimum Gasteiger partial charge on any atom is -0.494 e. The molecule has 2 bridgehead atoms. The lowest BCUT2D eigenvalue weighted by molar-refractivity contribution is -0.264. The fraction of sp³-hybridized carbons (Fsp3) is 0.229. The number of carbonyl (C=O) groups excluding carboxylic acids is 1. The number of fused-ring (bicyclic) bond motifs is 13. The molecule has 9 rings (SSSR count). The molecule has 43 heavy (non-hydrogen) atoms. The van der Waals surface area contributed by atoms with Crippen molar-refractivity contribution in [3.05, 3.63) is 90.6 Å². The second kappa shape index (κ2) is 8.40. The molecule has 4 aromatic carbocycles. The molecule has 0 spiro atoms. The maximum Gasteiger partial charge on any atom is 0.253 e. The first-order chi connectivity index (χ1) is 20.9. The van der Waals surface area contributed by atoms with Crippen LogP contribution in [0, 0.1) is 0 Å². The summed E-state index contributed by atoms with van der Waals surface area (Å²) in [6, 6.07) is 25.7. The molecule has 1 fully saturated rings. The summed E-state index contributed by atoms with van der Waals surface area (Å²) >= 11 is 0. The monoisotopic (exact) mass is 570 g/mol. The van der Waals surface area contributed by atoms with Gasteiger partial charge in [-0.25, -0.2) is 0 Å². The summed E-state index contributed by atoms with van der Waals surface area (Å²) in [5.74, 6) is 0.0911. The van der Waals surface area contributed by atoms with Gasteiger partial charge in [-0.2, -0.15) is 0 Å². The smallest absolute Gasteiger partial charge is 0.253 e. The van der Waals surface area contributed by atoms with Crippen molar-refractivity contribution in [3.63, 3.8) is 0 Å². The first kappa shape index (κ1) is 24.8. The molecule has 8 heteroatoms. The number of aromatic hydroxyl groups is 1. The van der Waals surface area contributed by atoms with Crippen molar-refractivity contribution < 1.29 is 19.4 Å². The van der Waals surface area contributed by atoms with Gasteiger partial charge in [0.15, 0.2) is 11.6 Å². The van der Waals surface area contributed by atoms with Crippen molar-refractivity contribution in [2.75, 3.05) is 14.2 Å². The summed E-state index contributed by atoms with van der Waals surface area (Å²) in [6.07, 6.45) is 1.54. The Balaban J connectivity index is 1.44. The molecule has 0 unspecified atom stereocenters. The Morgan fingerprint density at radius 3 is 2.35 bits per heavy atom. The van der Waals surface area contributed by atoms with Gasteiger partial charge in [0.1, 0.15) is 12.3 Å². The number of rotatable bonds is 3. The van der Waals surface area contributed by atoms with Crippen LogP contribution in [-0.2, 0) is 15.2 Å². The Bertz CT molecular complexity index is 2280. The van der Waals surface area contributed by atoms with Gasteiger partial charge in [-0.3, -0.25) is 4.79 Å². The fourth-order valence-electron chi connectivity index (χ4n) is 8.20. The molecule has 8 nitrogen and oxygen atoms in total. The number of methoxy groups -OCH3 is 1. The first-order valence-corrected chi connectivity index (χ1v) is 14.6. The van der Waals surface area contributed by atoms with Gasteiger partial charge in [0.05, 0.1) is 33.5 Å². The lowest BCUT2D eigenvalue weighted by Gasteiger charge is -2.50. The number of H-pyrrole nitrogens is 1. The zero-order valence-corrected chi connectivity index (χ0v) is 24.0. The van der Waals surface area contributed by atoms with Crippen molar-refractivity contribution in [3.8, 4) is 5.88 Å². The topological polar surface area (TPSA) is 84.7 Å². The van der Waals surface area contributed by atoms with E-state index in [9.17, 15) is 9.90 Å². The highest BCUT2D eigenvalue weighted by Gasteiger charge is 2.54. The Morgan fingerprint density at radius 1 is 0.930 bits per heavy atom. The maximum absolute atomic E-state index is 13.9. The molecular formula is C35H30N4O4. The highest BCUT2D eigenvalue weighted by atomic mass is 16.6. The van der Waals surface area contributed by atoms with Crippen LogP contribution >= 0.6 is 0 Å². The summed E-state index contributed by atoms with van der Waals surface area (Å²) in [5.41, 5.74) is 3.72. The van der Waals surface area contributed by atoms with Crippen LogP contribution in [0.25, 0.3) is 54.4 Å². The van der Waals surface area contributed by atoms with Crippen molar-refractivity contribution in [2.45, 2.75) is 37.4 Å². The standard InChI is InChI=1S/C35H30N4O4/c1-35-32(42-3)25(37(2)34(41)19-11-5-4-6-12-19)17-26(43-35)38-23-15-9-7-13-20(23)28-29-22(18-36-33(29)40)27-21-14-8-10-16-24(21)39(35)31(27)30(28)38/h4-16,18,25-26,32,36,40H,17H2,1-3H3/t25-,26-,32-,35+/m1/s1. The molecule has 1 amide bonds. The number of likely N-dealkylation sites (N-methyl/N-ethyl adjacent to an activating group) is 1. The summed E-state index contributed by atoms with van der Waals surface area (Å²) in [5, 5.41) is 17.1. The molecule has 0 saturated carbocycles. The zero-order chi connectivity index (χ0) is 29.2. The first-order valence-electron chi connectivity index (χ1n) is 14.6. The van der Waals surface area contributed by atoms with Crippen LogP contribution in [-0.4, -0.2) is 56.3 Å². The van der Waals surface area contributed by atoms with E-state index in [1.165, 1.54) is 0 Å². The average molecular weight is 571 g/mol. The second-order valence-electron chi connectivity index (χ2n) is 12.0. The summed E-state index contributed by atoms with van der Waals surface area (Å²) in [4.78, 5) is 18.8. The predicted octanol–water partition coefficient (Wildman–Crippen LogP) is 6.85. The Hall–Kier alpha value is -4.79. The summed E-state index contributed by atoms with van der Waals surface area (Å²) in [7, 11) is 3.58. The van der Waals surface area contributed by atoms with Crippen LogP contribution in [0.4, 0.5) is 0 Å². The normalized spacial score (nSPS) is 23.2. The van der Waals surface area contributed by atoms with E-state index >= 15 is 0 Å². The number of hydrogen-bond acceptors (Lipinski definition) is 4. The van der Waals surface area contributed by atoms with Crippen LogP contribution in [0.15, 0.2) is 85.1 Å². The van der Waals surface area contributed by atoms with Gasteiger partial charge in [0.25, 0.3) is 5.91 Å². The number of carbonyl (C=O) groups is 1. The third-order valence-corrected chi connectivity index (χ3v) is 9.91. The number of ether oxygens (including phenoxy) is 2. The van der Waals surface area contributed by atoms with E-state index in [0.29, 0.717) is 12.0 Å². The van der Waals surface area contributed by atoms with Gasteiger partial charge in [-0.15, -0.1) is 0 Å². The molecular weight excluding hydrogens is 540 g/mol. The van der Waals surface area contributed by atoms with Crippen molar-refractivity contribution in [1.82, 2.24) is 19.0 Å². The summed E-state index contributed by atoms with van der Waals surface area (Å²) < 4.78 is 18.2. The second-order valence-corrected chi connectivity index (χ2v) is 12.0. The Kier molecular flexibility index (Phi) is 4.84. The van der Waals surface area contributed by atoms with Crippen LogP contribution in [0.5, 0.6) is 5.88 Å². The fourth-order valence-corrected chi connectivity index (χ4v) is 8.20.